The maximum Gasteiger partial charge on any atom is 0.293 e. The lowest BCUT2D eigenvalue weighted by molar-refractivity contribution is -0.384. The van der Waals surface area contributed by atoms with Gasteiger partial charge in [0.2, 0.25) is 10.0 Å². The summed E-state index contributed by atoms with van der Waals surface area (Å²) < 4.78 is 41.7. The number of anilines is 1. The summed E-state index contributed by atoms with van der Waals surface area (Å²) in [5, 5.41) is 19.2. The van der Waals surface area contributed by atoms with Crippen LogP contribution in [0, 0.1) is 22.9 Å². The number of nitrogens with zero attached hydrogens (tertiary/aromatic N) is 4. The van der Waals surface area contributed by atoms with Gasteiger partial charge in [0.25, 0.3) is 5.69 Å². The second-order valence-electron chi connectivity index (χ2n) is 7.46. The number of benzene rings is 2. The number of nitrogens with one attached hydrogen (secondary N) is 1. The molecule has 33 heavy (non-hydrogen) atoms. The van der Waals surface area contributed by atoms with E-state index in [-0.39, 0.29) is 41.2 Å². The molecule has 0 spiro atoms. The van der Waals surface area contributed by atoms with Gasteiger partial charge >= 0.3 is 0 Å². The molecule has 1 atom stereocenters. The first kappa shape index (κ1) is 24.3. The minimum atomic E-state index is -3.83. The molecule has 1 aromatic heterocycles. The lowest BCUT2D eigenvalue weighted by Gasteiger charge is -2.19. The molecule has 0 unspecified atom stereocenters. The molecule has 0 aliphatic carbocycles. The van der Waals surface area contributed by atoms with Crippen molar-refractivity contribution in [2.45, 2.75) is 38.6 Å². The van der Waals surface area contributed by atoms with E-state index >= 15 is 0 Å². The van der Waals surface area contributed by atoms with Crippen LogP contribution in [0.3, 0.4) is 0 Å². The van der Waals surface area contributed by atoms with Gasteiger partial charge in [0, 0.05) is 30.4 Å². The highest BCUT2D eigenvalue weighted by Crippen LogP contribution is 2.32. The Balaban J connectivity index is 1.92. The van der Waals surface area contributed by atoms with E-state index in [0.717, 1.165) is 17.3 Å². The smallest absolute Gasteiger partial charge is 0.293 e. The van der Waals surface area contributed by atoms with Crippen molar-refractivity contribution in [2.24, 2.45) is 0 Å². The van der Waals surface area contributed by atoms with Crippen LogP contribution in [0.4, 0.5) is 15.8 Å². The highest BCUT2D eigenvalue weighted by molar-refractivity contribution is 7.89. The number of nitro benzene ring substituents is 1. The molecule has 0 saturated carbocycles. The number of hydrogen-bond acceptors (Lipinski definition) is 6. The van der Waals surface area contributed by atoms with Crippen molar-refractivity contribution in [2.75, 3.05) is 18.4 Å². The first-order valence-corrected chi connectivity index (χ1v) is 11.9. The van der Waals surface area contributed by atoms with Crippen molar-refractivity contribution in [1.82, 2.24) is 14.1 Å². The van der Waals surface area contributed by atoms with Crippen LogP contribution in [0.5, 0.6) is 0 Å². The summed E-state index contributed by atoms with van der Waals surface area (Å²) in [5.74, 6) is -0.349. The first-order valence-electron chi connectivity index (χ1n) is 10.5. The first-order chi connectivity index (χ1) is 15.6. The Morgan fingerprint density at radius 2 is 1.82 bits per heavy atom. The summed E-state index contributed by atoms with van der Waals surface area (Å²) in [4.78, 5) is 11.0. The molecule has 9 nitrogen and oxygen atoms in total. The summed E-state index contributed by atoms with van der Waals surface area (Å²) in [5.41, 5.74) is 2.11. The summed E-state index contributed by atoms with van der Waals surface area (Å²) in [6.45, 7) is 7.62. The van der Waals surface area contributed by atoms with E-state index < -0.39 is 14.9 Å². The highest BCUT2D eigenvalue weighted by atomic mass is 32.2. The van der Waals surface area contributed by atoms with Crippen molar-refractivity contribution in [3.8, 4) is 5.69 Å². The third-order valence-corrected chi connectivity index (χ3v) is 7.51. The highest BCUT2D eigenvalue weighted by Gasteiger charge is 2.26. The van der Waals surface area contributed by atoms with E-state index in [1.807, 2.05) is 13.8 Å². The SMILES string of the molecule is CCN(CC)S(=O)(=O)c1ccc(N[C@H](C)c2cnn(-c3ccc(F)cc3)c2C)c([N+](=O)[O-])c1. The number of hydrogen-bond donors (Lipinski definition) is 1. The molecule has 2 aromatic carbocycles. The Morgan fingerprint density at radius 1 is 1.18 bits per heavy atom. The third-order valence-electron chi connectivity index (χ3n) is 5.47. The van der Waals surface area contributed by atoms with E-state index in [0.29, 0.717) is 5.69 Å². The lowest BCUT2D eigenvalue weighted by Crippen LogP contribution is -2.30. The second-order valence-corrected chi connectivity index (χ2v) is 9.40. The fraction of sp³-hybridized carbons (Fsp3) is 0.318. The van der Waals surface area contributed by atoms with Gasteiger partial charge in [-0.05, 0) is 50.2 Å². The van der Waals surface area contributed by atoms with E-state index in [1.54, 1.807) is 36.9 Å². The molecule has 3 rings (SSSR count). The predicted molar refractivity (Wildman–Crippen MR) is 123 cm³/mol. The van der Waals surface area contributed by atoms with Gasteiger partial charge in [-0.15, -0.1) is 0 Å². The van der Waals surface area contributed by atoms with Crippen LogP contribution >= 0.6 is 0 Å². The number of sulfonamides is 1. The Bertz CT molecular complexity index is 1250. The molecular weight excluding hydrogens is 449 g/mol. The van der Waals surface area contributed by atoms with Crippen LogP contribution in [-0.2, 0) is 10.0 Å². The van der Waals surface area contributed by atoms with Crippen LogP contribution in [0.25, 0.3) is 5.69 Å². The quantitative estimate of drug-likeness (QED) is 0.362. The molecule has 0 aliphatic rings. The molecule has 0 bridgehead atoms. The molecule has 1 N–H and O–H groups in total. The largest absolute Gasteiger partial charge is 0.373 e. The summed E-state index contributed by atoms with van der Waals surface area (Å²) in [6, 6.07) is 9.38. The number of nitro groups is 1. The lowest BCUT2D eigenvalue weighted by atomic mass is 10.1. The van der Waals surface area contributed by atoms with Crippen molar-refractivity contribution in [3.05, 3.63) is 75.9 Å². The van der Waals surface area contributed by atoms with Gasteiger partial charge in [-0.1, -0.05) is 13.8 Å². The average Bonchev–Trinajstić information content (AvgIpc) is 3.16. The van der Waals surface area contributed by atoms with E-state index in [4.69, 9.17) is 0 Å². The van der Waals surface area contributed by atoms with Gasteiger partial charge in [0.1, 0.15) is 11.5 Å². The molecule has 1 heterocycles. The molecular formula is C22H26FN5O4S. The van der Waals surface area contributed by atoms with Crippen LogP contribution in [0.1, 0.15) is 38.1 Å². The molecule has 3 aromatic rings. The Kier molecular flexibility index (Phi) is 7.13. The fourth-order valence-corrected chi connectivity index (χ4v) is 5.14. The Hall–Kier alpha value is -3.31. The normalized spacial score (nSPS) is 12.7. The Labute approximate surface area is 192 Å². The zero-order valence-electron chi connectivity index (χ0n) is 18.8. The minimum Gasteiger partial charge on any atom is -0.373 e. The zero-order valence-corrected chi connectivity index (χ0v) is 19.6. The minimum absolute atomic E-state index is 0.128. The summed E-state index contributed by atoms with van der Waals surface area (Å²) in [7, 11) is -3.83. The standard InChI is InChI=1S/C22H26FN5O4S/c1-5-26(6-2)33(31,32)19-11-12-21(22(13-19)28(29)30)25-15(3)20-14-24-27(16(20)4)18-9-7-17(23)8-10-18/h7-15,25H,5-6H2,1-4H3/t15-/m1/s1. The van der Waals surface area contributed by atoms with Crippen molar-refractivity contribution in [1.29, 1.82) is 0 Å². The zero-order chi connectivity index (χ0) is 24.3. The molecule has 0 fully saturated rings. The van der Waals surface area contributed by atoms with Crippen LogP contribution in [-0.4, -0.2) is 40.5 Å². The summed E-state index contributed by atoms with van der Waals surface area (Å²) >= 11 is 0. The average molecular weight is 476 g/mol. The molecule has 0 aliphatic heterocycles. The second kappa shape index (κ2) is 9.67. The maximum atomic E-state index is 13.2. The number of rotatable bonds is 9. The number of aromatic nitrogens is 2. The van der Waals surface area contributed by atoms with Gasteiger partial charge in [0.05, 0.1) is 27.7 Å². The van der Waals surface area contributed by atoms with Gasteiger partial charge < -0.3 is 5.32 Å². The van der Waals surface area contributed by atoms with Crippen LogP contribution < -0.4 is 5.32 Å². The van der Waals surface area contributed by atoms with Crippen molar-refractivity contribution < 1.29 is 17.7 Å². The molecule has 0 saturated heterocycles. The van der Waals surface area contributed by atoms with Gasteiger partial charge in [-0.3, -0.25) is 10.1 Å². The van der Waals surface area contributed by atoms with E-state index in [9.17, 15) is 22.9 Å². The molecule has 176 valence electrons. The third kappa shape index (κ3) is 4.88. The predicted octanol–water partition coefficient (Wildman–Crippen LogP) is 4.43. The Morgan fingerprint density at radius 3 is 2.39 bits per heavy atom. The topological polar surface area (TPSA) is 110 Å². The van der Waals surface area contributed by atoms with Crippen molar-refractivity contribution >= 4 is 21.4 Å². The fourth-order valence-electron chi connectivity index (χ4n) is 3.66. The summed E-state index contributed by atoms with van der Waals surface area (Å²) in [6.07, 6.45) is 1.64. The van der Waals surface area contributed by atoms with Gasteiger partial charge in [0.15, 0.2) is 0 Å². The van der Waals surface area contributed by atoms with E-state index in [1.165, 1.54) is 28.6 Å². The molecule has 0 amide bonds. The molecule has 0 radical (unpaired) electrons. The van der Waals surface area contributed by atoms with Gasteiger partial charge in [-0.25, -0.2) is 17.5 Å². The van der Waals surface area contributed by atoms with E-state index in [2.05, 4.69) is 10.4 Å². The van der Waals surface area contributed by atoms with Crippen LogP contribution in [0.15, 0.2) is 53.6 Å². The van der Waals surface area contributed by atoms with Crippen molar-refractivity contribution in [3.63, 3.8) is 0 Å². The monoisotopic (exact) mass is 475 g/mol. The van der Waals surface area contributed by atoms with Crippen LogP contribution in [0.2, 0.25) is 0 Å². The number of halogens is 1. The van der Waals surface area contributed by atoms with Gasteiger partial charge in [-0.2, -0.15) is 9.40 Å². The maximum absolute atomic E-state index is 13.2. The molecule has 11 heteroatoms.